The van der Waals surface area contributed by atoms with Crippen LogP contribution in [0.2, 0.25) is 5.02 Å². The Labute approximate surface area is 208 Å². The van der Waals surface area contributed by atoms with Crippen molar-refractivity contribution < 1.29 is 13.9 Å². The first-order valence-corrected chi connectivity index (χ1v) is 11.5. The molecular formula is C24H16BrClFN3O2S. The lowest BCUT2D eigenvalue weighted by Crippen LogP contribution is -2.29. The molecule has 9 heteroatoms. The van der Waals surface area contributed by atoms with E-state index in [1.807, 2.05) is 30.3 Å². The van der Waals surface area contributed by atoms with Crippen LogP contribution < -0.4 is 10.2 Å². The SMILES string of the molecule is Oc1ccc(Cl)cc1N1C(=S)N[C@H](c2ccccn2)[C@@H]1c1ccc(-c2ccc(F)cc2Br)o1. The van der Waals surface area contributed by atoms with Gasteiger partial charge in [0.1, 0.15) is 29.1 Å². The second-order valence-corrected chi connectivity index (χ2v) is 9.13. The quantitative estimate of drug-likeness (QED) is 0.276. The number of phenolic OH excluding ortho intramolecular Hbond substituents is 1. The third-order valence-corrected chi connectivity index (χ3v) is 6.62. The van der Waals surface area contributed by atoms with Gasteiger partial charge in [0, 0.05) is 21.3 Å². The number of thiocarbonyl (C=S) groups is 1. The van der Waals surface area contributed by atoms with Gasteiger partial charge in [-0.2, -0.15) is 0 Å². The lowest BCUT2D eigenvalue weighted by Gasteiger charge is -2.26. The molecule has 166 valence electrons. The lowest BCUT2D eigenvalue weighted by molar-refractivity contribution is 0.434. The van der Waals surface area contributed by atoms with Crippen LogP contribution in [-0.2, 0) is 0 Å². The van der Waals surface area contributed by atoms with E-state index in [-0.39, 0.29) is 17.6 Å². The van der Waals surface area contributed by atoms with Crippen molar-refractivity contribution >= 4 is 50.5 Å². The Balaban J connectivity index is 1.63. The van der Waals surface area contributed by atoms with Crippen molar-refractivity contribution in [3.63, 3.8) is 0 Å². The van der Waals surface area contributed by atoms with Crippen LogP contribution in [0.15, 0.2) is 81.8 Å². The standard InChI is InChI=1S/C24H16BrClFN3O2S/c25-16-12-14(27)5-6-15(16)20-8-9-21(32-20)23-22(17-3-1-2-10-28-17)29-24(33)30(23)18-11-13(26)4-7-19(18)31/h1-12,22-23,31H,(H,29,33)/t22-,23+/m1/s1. The molecular weight excluding hydrogens is 529 g/mol. The van der Waals surface area contributed by atoms with E-state index in [1.165, 1.54) is 18.2 Å². The number of furan rings is 1. The molecule has 1 aliphatic heterocycles. The minimum atomic E-state index is -0.468. The molecule has 2 aromatic carbocycles. The largest absolute Gasteiger partial charge is 0.506 e. The molecule has 4 aromatic rings. The number of aromatic hydroxyl groups is 1. The highest BCUT2D eigenvalue weighted by molar-refractivity contribution is 9.10. The van der Waals surface area contributed by atoms with Gasteiger partial charge in [0.05, 0.1) is 17.4 Å². The number of hydrogen-bond acceptors (Lipinski definition) is 4. The molecule has 1 fully saturated rings. The summed E-state index contributed by atoms with van der Waals surface area (Å²) in [4.78, 5) is 6.28. The smallest absolute Gasteiger partial charge is 0.174 e. The first-order valence-electron chi connectivity index (χ1n) is 9.96. The topological polar surface area (TPSA) is 61.5 Å². The Morgan fingerprint density at radius 1 is 1.12 bits per heavy atom. The average Bonchev–Trinajstić information content (AvgIpc) is 3.40. The van der Waals surface area contributed by atoms with Gasteiger partial charge < -0.3 is 19.7 Å². The van der Waals surface area contributed by atoms with Crippen molar-refractivity contribution in [1.82, 2.24) is 10.3 Å². The van der Waals surface area contributed by atoms with Crippen LogP contribution in [0.3, 0.4) is 0 Å². The molecule has 0 unspecified atom stereocenters. The second-order valence-electron chi connectivity index (χ2n) is 7.46. The van der Waals surface area contributed by atoms with Crippen molar-refractivity contribution in [3.8, 4) is 17.1 Å². The van der Waals surface area contributed by atoms with Crippen LogP contribution >= 0.6 is 39.7 Å². The summed E-state index contributed by atoms with van der Waals surface area (Å²) in [5.74, 6) is 0.831. The van der Waals surface area contributed by atoms with Gasteiger partial charge >= 0.3 is 0 Å². The molecule has 33 heavy (non-hydrogen) atoms. The van der Waals surface area contributed by atoms with Crippen LogP contribution in [0.1, 0.15) is 23.5 Å². The highest BCUT2D eigenvalue weighted by Gasteiger charge is 2.43. The summed E-state index contributed by atoms with van der Waals surface area (Å²) in [5.41, 5.74) is 1.92. The third-order valence-electron chi connectivity index (χ3n) is 5.41. The van der Waals surface area contributed by atoms with E-state index < -0.39 is 6.04 Å². The van der Waals surface area contributed by atoms with Crippen molar-refractivity contribution in [2.24, 2.45) is 0 Å². The van der Waals surface area contributed by atoms with E-state index in [2.05, 4.69) is 26.2 Å². The highest BCUT2D eigenvalue weighted by Crippen LogP contribution is 2.46. The van der Waals surface area contributed by atoms with Crippen molar-refractivity contribution in [1.29, 1.82) is 0 Å². The van der Waals surface area contributed by atoms with Gasteiger partial charge in [0.2, 0.25) is 0 Å². The number of rotatable bonds is 4. The lowest BCUT2D eigenvalue weighted by atomic mass is 10.0. The van der Waals surface area contributed by atoms with Crippen LogP contribution in [0.4, 0.5) is 10.1 Å². The normalized spacial score (nSPS) is 17.9. The molecule has 0 aliphatic carbocycles. The van der Waals surface area contributed by atoms with Crippen molar-refractivity contribution in [2.75, 3.05) is 4.90 Å². The summed E-state index contributed by atoms with van der Waals surface area (Å²) in [5, 5.41) is 14.8. The summed E-state index contributed by atoms with van der Waals surface area (Å²) in [7, 11) is 0. The Kier molecular flexibility index (Phi) is 5.82. The average molecular weight is 545 g/mol. The van der Waals surface area contributed by atoms with Gasteiger partial charge in [0.25, 0.3) is 0 Å². The molecule has 2 aromatic heterocycles. The first kappa shape index (κ1) is 21.9. The van der Waals surface area contributed by atoms with Crippen LogP contribution in [0.25, 0.3) is 11.3 Å². The van der Waals surface area contributed by atoms with Gasteiger partial charge in [-0.3, -0.25) is 4.98 Å². The maximum absolute atomic E-state index is 13.6. The fourth-order valence-electron chi connectivity index (χ4n) is 3.94. The number of phenols is 1. The fraction of sp³-hybridized carbons (Fsp3) is 0.0833. The Hall–Kier alpha value is -2.94. The number of nitrogens with one attached hydrogen (secondary N) is 1. The summed E-state index contributed by atoms with van der Waals surface area (Å²) in [6.45, 7) is 0. The molecule has 3 heterocycles. The number of pyridine rings is 1. The Bertz CT molecular complexity index is 1350. The molecule has 0 saturated carbocycles. The molecule has 1 aliphatic rings. The predicted molar refractivity (Wildman–Crippen MR) is 133 cm³/mol. The molecule has 5 nitrogen and oxygen atoms in total. The van der Waals surface area contributed by atoms with Gasteiger partial charge in [0.15, 0.2) is 5.11 Å². The monoisotopic (exact) mass is 543 g/mol. The van der Waals surface area contributed by atoms with E-state index in [4.69, 9.17) is 28.2 Å². The van der Waals surface area contributed by atoms with E-state index in [9.17, 15) is 9.50 Å². The Morgan fingerprint density at radius 2 is 1.97 bits per heavy atom. The van der Waals surface area contributed by atoms with E-state index >= 15 is 0 Å². The number of nitrogens with zero attached hydrogens (tertiary/aromatic N) is 2. The van der Waals surface area contributed by atoms with E-state index in [0.29, 0.717) is 37.4 Å². The zero-order chi connectivity index (χ0) is 23.1. The first-order chi connectivity index (χ1) is 15.9. The molecule has 0 spiro atoms. The third kappa shape index (κ3) is 4.10. The maximum atomic E-state index is 13.6. The molecule has 0 radical (unpaired) electrons. The number of benzene rings is 2. The van der Waals surface area contributed by atoms with Crippen LogP contribution in [-0.4, -0.2) is 15.2 Å². The van der Waals surface area contributed by atoms with Gasteiger partial charge in [-0.15, -0.1) is 0 Å². The summed E-state index contributed by atoms with van der Waals surface area (Å²) in [6, 6.07) is 17.7. The highest BCUT2D eigenvalue weighted by atomic mass is 79.9. The number of halogens is 3. The zero-order valence-corrected chi connectivity index (χ0v) is 20.0. The second kappa shape index (κ2) is 8.78. The Morgan fingerprint density at radius 3 is 2.73 bits per heavy atom. The molecule has 1 saturated heterocycles. The van der Waals surface area contributed by atoms with Crippen molar-refractivity contribution in [3.05, 3.63) is 99.7 Å². The molecule has 2 N–H and O–H groups in total. The van der Waals surface area contributed by atoms with Gasteiger partial charge in [-0.1, -0.05) is 17.7 Å². The molecule has 5 rings (SSSR count). The number of hydrogen-bond donors (Lipinski definition) is 2. The summed E-state index contributed by atoms with van der Waals surface area (Å²) in [6.07, 6.45) is 1.71. The fourth-order valence-corrected chi connectivity index (χ4v) is 4.99. The molecule has 2 atom stereocenters. The summed E-state index contributed by atoms with van der Waals surface area (Å²) < 4.78 is 20.4. The van der Waals surface area contributed by atoms with Crippen LogP contribution in [0, 0.1) is 5.82 Å². The van der Waals surface area contributed by atoms with E-state index in [0.717, 1.165) is 5.69 Å². The zero-order valence-electron chi connectivity index (χ0n) is 16.9. The summed E-state index contributed by atoms with van der Waals surface area (Å²) >= 11 is 15.3. The minimum absolute atomic E-state index is 0.0308. The number of aromatic nitrogens is 1. The van der Waals surface area contributed by atoms with Crippen molar-refractivity contribution in [2.45, 2.75) is 12.1 Å². The van der Waals surface area contributed by atoms with Gasteiger partial charge in [-0.25, -0.2) is 4.39 Å². The molecule has 0 bridgehead atoms. The minimum Gasteiger partial charge on any atom is -0.506 e. The number of anilines is 1. The maximum Gasteiger partial charge on any atom is 0.174 e. The van der Waals surface area contributed by atoms with E-state index in [1.54, 1.807) is 29.3 Å². The van der Waals surface area contributed by atoms with Gasteiger partial charge in [-0.05, 0) is 88.8 Å². The molecule has 0 amide bonds. The predicted octanol–water partition coefficient (Wildman–Crippen LogP) is 6.78. The van der Waals surface area contributed by atoms with Crippen LogP contribution in [0.5, 0.6) is 5.75 Å².